The zero-order valence-corrected chi connectivity index (χ0v) is 12.0. The fourth-order valence-corrected chi connectivity index (χ4v) is 2.59. The smallest absolute Gasteiger partial charge is 0.229 e. The van der Waals surface area contributed by atoms with Gasteiger partial charge in [0.15, 0.2) is 0 Å². The van der Waals surface area contributed by atoms with Gasteiger partial charge in [0.1, 0.15) is 0 Å². The molecule has 4 heteroatoms. The predicted octanol–water partition coefficient (Wildman–Crippen LogP) is 2.99. The van der Waals surface area contributed by atoms with Crippen molar-refractivity contribution in [1.29, 1.82) is 0 Å². The Bertz CT molecular complexity index is 535. The highest BCUT2D eigenvalue weighted by Gasteiger charge is 2.05. The molecule has 0 aliphatic heterocycles. The Morgan fingerprint density at radius 1 is 1.26 bits per heavy atom. The highest BCUT2D eigenvalue weighted by molar-refractivity contribution is 7.10. The first-order chi connectivity index (χ1) is 9.13. The SMILES string of the molecule is CN(C)Cc1cccc(NC(=O)Cc2cccs2)c1. The molecule has 0 radical (unpaired) electrons. The van der Waals surface area contributed by atoms with E-state index in [1.54, 1.807) is 11.3 Å². The normalized spacial score (nSPS) is 10.7. The van der Waals surface area contributed by atoms with Crippen molar-refractivity contribution in [3.8, 4) is 0 Å². The molecule has 0 fully saturated rings. The van der Waals surface area contributed by atoms with Crippen molar-refractivity contribution in [2.45, 2.75) is 13.0 Å². The lowest BCUT2D eigenvalue weighted by Crippen LogP contribution is -2.14. The van der Waals surface area contributed by atoms with Crippen molar-refractivity contribution >= 4 is 22.9 Å². The zero-order chi connectivity index (χ0) is 13.7. The van der Waals surface area contributed by atoms with Gasteiger partial charge in [-0.05, 0) is 43.2 Å². The summed E-state index contributed by atoms with van der Waals surface area (Å²) in [5.41, 5.74) is 2.06. The first-order valence-corrected chi connectivity index (χ1v) is 7.07. The molecule has 2 rings (SSSR count). The van der Waals surface area contributed by atoms with Crippen LogP contribution in [0.3, 0.4) is 0 Å². The fourth-order valence-electron chi connectivity index (χ4n) is 1.89. The van der Waals surface area contributed by atoms with E-state index < -0.39 is 0 Å². The molecule has 0 saturated carbocycles. The molecular weight excluding hydrogens is 256 g/mol. The maximum absolute atomic E-state index is 11.9. The third kappa shape index (κ3) is 4.50. The van der Waals surface area contributed by atoms with Gasteiger partial charge in [-0.1, -0.05) is 18.2 Å². The lowest BCUT2D eigenvalue weighted by Gasteiger charge is -2.11. The minimum atomic E-state index is 0.0319. The maximum atomic E-state index is 11.9. The van der Waals surface area contributed by atoms with Crippen LogP contribution in [-0.2, 0) is 17.8 Å². The van der Waals surface area contributed by atoms with Crippen LogP contribution in [0.1, 0.15) is 10.4 Å². The molecule has 100 valence electrons. The quantitative estimate of drug-likeness (QED) is 0.909. The van der Waals surface area contributed by atoms with E-state index in [-0.39, 0.29) is 5.91 Å². The molecule has 1 N–H and O–H groups in total. The van der Waals surface area contributed by atoms with Crippen molar-refractivity contribution in [3.63, 3.8) is 0 Å². The van der Waals surface area contributed by atoms with Crippen LogP contribution in [0, 0.1) is 0 Å². The number of carbonyl (C=O) groups is 1. The van der Waals surface area contributed by atoms with Gasteiger partial charge >= 0.3 is 0 Å². The summed E-state index contributed by atoms with van der Waals surface area (Å²) < 4.78 is 0. The van der Waals surface area contributed by atoms with Crippen LogP contribution in [0.2, 0.25) is 0 Å². The summed E-state index contributed by atoms with van der Waals surface area (Å²) in [5, 5.41) is 4.93. The van der Waals surface area contributed by atoms with Crippen molar-refractivity contribution in [2.24, 2.45) is 0 Å². The summed E-state index contributed by atoms with van der Waals surface area (Å²) in [6, 6.07) is 11.9. The Hall–Kier alpha value is -1.65. The average Bonchev–Trinajstić information content (AvgIpc) is 2.81. The van der Waals surface area contributed by atoms with E-state index >= 15 is 0 Å². The van der Waals surface area contributed by atoms with Gasteiger partial charge in [-0.2, -0.15) is 0 Å². The zero-order valence-electron chi connectivity index (χ0n) is 11.2. The Kier molecular flexibility index (Phi) is 4.71. The van der Waals surface area contributed by atoms with Gasteiger partial charge in [-0.25, -0.2) is 0 Å². The Labute approximate surface area is 117 Å². The maximum Gasteiger partial charge on any atom is 0.229 e. The molecule has 0 spiro atoms. The number of anilines is 1. The molecule has 0 saturated heterocycles. The van der Waals surface area contributed by atoms with Gasteiger partial charge in [-0.15, -0.1) is 11.3 Å². The fraction of sp³-hybridized carbons (Fsp3) is 0.267. The summed E-state index contributed by atoms with van der Waals surface area (Å²) >= 11 is 1.61. The summed E-state index contributed by atoms with van der Waals surface area (Å²) in [6.45, 7) is 0.870. The van der Waals surface area contributed by atoms with Crippen LogP contribution in [0.25, 0.3) is 0 Å². The molecule has 1 aromatic heterocycles. The second kappa shape index (κ2) is 6.50. The molecular formula is C15H18N2OS. The number of thiophene rings is 1. The number of carbonyl (C=O) groups excluding carboxylic acids is 1. The first kappa shape index (κ1) is 13.8. The summed E-state index contributed by atoms with van der Waals surface area (Å²) in [4.78, 5) is 15.1. The van der Waals surface area contributed by atoms with E-state index in [4.69, 9.17) is 0 Å². The Morgan fingerprint density at radius 2 is 2.11 bits per heavy atom. The van der Waals surface area contributed by atoms with E-state index in [2.05, 4.69) is 16.3 Å². The number of nitrogens with one attached hydrogen (secondary N) is 1. The topological polar surface area (TPSA) is 32.3 Å². The van der Waals surface area contributed by atoms with E-state index in [1.165, 1.54) is 5.56 Å². The van der Waals surface area contributed by atoms with Gasteiger partial charge in [0.05, 0.1) is 6.42 Å². The van der Waals surface area contributed by atoms with E-state index in [1.807, 2.05) is 49.8 Å². The first-order valence-electron chi connectivity index (χ1n) is 6.19. The molecule has 1 aromatic carbocycles. The monoisotopic (exact) mass is 274 g/mol. The Balaban J connectivity index is 1.96. The second-order valence-electron chi connectivity index (χ2n) is 4.74. The molecule has 19 heavy (non-hydrogen) atoms. The van der Waals surface area contributed by atoms with Crippen LogP contribution in [0.4, 0.5) is 5.69 Å². The molecule has 0 aliphatic carbocycles. The number of hydrogen-bond donors (Lipinski definition) is 1. The van der Waals surface area contributed by atoms with Gasteiger partial charge in [-0.3, -0.25) is 4.79 Å². The molecule has 1 heterocycles. The van der Waals surface area contributed by atoms with E-state index in [9.17, 15) is 4.79 Å². The summed E-state index contributed by atoms with van der Waals surface area (Å²) in [7, 11) is 4.06. The van der Waals surface area contributed by atoms with Gasteiger partial charge in [0, 0.05) is 17.1 Å². The standard InChI is InChI=1S/C15H18N2OS/c1-17(2)11-12-5-3-6-13(9-12)16-15(18)10-14-7-4-8-19-14/h3-9H,10-11H2,1-2H3,(H,16,18). The third-order valence-electron chi connectivity index (χ3n) is 2.62. The third-order valence-corrected chi connectivity index (χ3v) is 3.50. The number of amides is 1. The van der Waals surface area contributed by atoms with Crippen LogP contribution in [-0.4, -0.2) is 24.9 Å². The molecule has 3 nitrogen and oxygen atoms in total. The Morgan fingerprint density at radius 3 is 2.79 bits per heavy atom. The number of nitrogens with zero attached hydrogens (tertiary/aromatic N) is 1. The summed E-state index contributed by atoms with van der Waals surface area (Å²) in [6.07, 6.45) is 0.440. The molecule has 1 amide bonds. The van der Waals surface area contributed by atoms with Crippen molar-refractivity contribution < 1.29 is 4.79 Å². The summed E-state index contributed by atoms with van der Waals surface area (Å²) in [5.74, 6) is 0.0319. The molecule has 0 atom stereocenters. The highest BCUT2D eigenvalue weighted by atomic mass is 32.1. The lowest BCUT2D eigenvalue weighted by atomic mass is 10.2. The van der Waals surface area contributed by atoms with Crippen LogP contribution < -0.4 is 5.32 Å². The molecule has 2 aromatic rings. The lowest BCUT2D eigenvalue weighted by molar-refractivity contribution is -0.115. The van der Waals surface area contributed by atoms with E-state index in [0.717, 1.165) is 17.1 Å². The minimum Gasteiger partial charge on any atom is -0.326 e. The van der Waals surface area contributed by atoms with Crippen molar-refractivity contribution in [3.05, 3.63) is 52.2 Å². The van der Waals surface area contributed by atoms with E-state index in [0.29, 0.717) is 6.42 Å². The number of rotatable bonds is 5. The minimum absolute atomic E-state index is 0.0319. The van der Waals surface area contributed by atoms with Crippen molar-refractivity contribution in [2.75, 3.05) is 19.4 Å². The van der Waals surface area contributed by atoms with Gasteiger partial charge in [0.2, 0.25) is 5.91 Å². The van der Waals surface area contributed by atoms with Gasteiger partial charge in [0.25, 0.3) is 0 Å². The largest absolute Gasteiger partial charge is 0.326 e. The predicted molar refractivity (Wildman–Crippen MR) is 80.5 cm³/mol. The van der Waals surface area contributed by atoms with Crippen LogP contribution in [0.15, 0.2) is 41.8 Å². The van der Waals surface area contributed by atoms with Crippen molar-refractivity contribution in [1.82, 2.24) is 4.90 Å². The molecule has 0 aliphatic rings. The average molecular weight is 274 g/mol. The molecule has 0 unspecified atom stereocenters. The molecule has 0 bridgehead atoms. The van der Waals surface area contributed by atoms with Crippen LogP contribution in [0.5, 0.6) is 0 Å². The highest BCUT2D eigenvalue weighted by Crippen LogP contribution is 2.14. The van der Waals surface area contributed by atoms with Gasteiger partial charge < -0.3 is 10.2 Å². The number of hydrogen-bond acceptors (Lipinski definition) is 3. The number of benzene rings is 1. The van der Waals surface area contributed by atoms with Crippen LogP contribution >= 0.6 is 11.3 Å². The second-order valence-corrected chi connectivity index (χ2v) is 5.77.